The molecule has 0 unspecified atom stereocenters. The van der Waals surface area contributed by atoms with Gasteiger partial charge in [-0.2, -0.15) is 0 Å². The largest absolute Gasteiger partial charge is 0.389 e. The van der Waals surface area contributed by atoms with Crippen molar-refractivity contribution in [3.8, 4) is 0 Å². The molecule has 2 nitrogen and oxygen atoms in total. The highest BCUT2D eigenvalue weighted by Gasteiger charge is 2.15. The molecule has 0 saturated carbocycles. The standard InChI is InChI=1S/C17H23NO/c1-17(2,19)13-18(3)12-11-15-9-6-8-14-7-4-5-10-16(14)15/h4-10,19H,11-13H2,1-3H3. The Morgan fingerprint density at radius 3 is 2.47 bits per heavy atom. The molecule has 19 heavy (non-hydrogen) atoms. The van der Waals surface area contributed by atoms with E-state index >= 15 is 0 Å². The van der Waals surface area contributed by atoms with E-state index in [0.717, 1.165) is 13.0 Å². The van der Waals surface area contributed by atoms with Gasteiger partial charge in [-0.15, -0.1) is 0 Å². The lowest BCUT2D eigenvalue weighted by Crippen LogP contribution is -2.37. The van der Waals surface area contributed by atoms with Gasteiger partial charge in [-0.05, 0) is 43.7 Å². The third-order valence-corrected chi connectivity index (χ3v) is 3.30. The fraction of sp³-hybridized carbons (Fsp3) is 0.412. The van der Waals surface area contributed by atoms with Crippen molar-refractivity contribution >= 4 is 10.8 Å². The number of rotatable bonds is 5. The van der Waals surface area contributed by atoms with Crippen LogP contribution in [0.15, 0.2) is 42.5 Å². The van der Waals surface area contributed by atoms with Gasteiger partial charge in [0.15, 0.2) is 0 Å². The molecule has 2 rings (SSSR count). The molecule has 0 atom stereocenters. The Morgan fingerprint density at radius 1 is 1.05 bits per heavy atom. The molecule has 2 heteroatoms. The van der Waals surface area contributed by atoms with Crippen molar-refractivity contribution in [3.63, 3.8) is 0 Å². The fourth-order valence-corrected chi connectivity index (χ4v) is 2.56. The molecule has 0 aromatic heterocycles. The van der Waals surface area contributed by atoms with Crippen molar-refractivity contribution in [1.29, 1.82) is 0 Å². The number of hydrogen-bond donors (Lipinski definition) is 1. The second-order valence-corrected chi connectivity index (χ2v) is 5.94. The van der Waals surface area contributed by atoms with Crippen molar-refractivity contribution in [2.45, 2.75) is 25.9 Å². The van der Waals surface area contributed by atoms with Crippen LogP contribution in [0, 0.1) is 0 Å². The van der Waals surface area contributed by atoms with Crippen LogP contribution in [0.4, 0.5) is 0 Å². The smallest absolute Gasteiger partial charge is 0.0718 e. The minimum absolute atomic E-state index is 0.631. The molecule has 0 saturated heterocycles. The van der Waals surface area contributed by atoms with Crippen LogP contribution < -0.4 is 0 Å². The zero-order valence-electron chi connectivity index (χ0n) is 12.1. The summed E-state index contributed by atoms with van der Waals surface area (Å²) in [6.07, 6.45) is 1.01. The third kappa shape index (κ3) is 4.05. The molecule has 0 fully saturated rings. The fourth-order valence-electron chi connectivity index (χ4n) is 2.56. The Balaban J connectivity index is 2.06. The maximum absolute atomic E-state index is 9.82. The Kier molecular flexibility index (Phi) is 4.23. The van der Waals surface area contributed by atoms with Crippen LogP contribution in [0.3, 0.4) is 0 Å². The Bertz CT molecular complexity index is 537. The molecule has 0 amide bonds. The monoisotopic (exact) mass is 257 g/mol. The van der Waals surface area contributed by atoms with E-state index in [1.54, 1.807) is 0 Å². The van der Waals surface area contributed by atoms with Crippen molar-refractivity contribution in [2.24, 2.45) is 0 Å². The van der Waals surface area contributed by atoms with E-state index in [0.29, 0.717) is 6.54 Å². The van der Waals surface area contributed by atoms with E-state index in [2.05, 4.69) is 54.4 Å². The van der Waals surface area contributed by atoms with Gasteiger partial charge in [0.2, 0.25) is 0 Å². The maximum Gasteiger partial charge on any atom is 0.0718 e. The topological polar surface area (TPSA) is 23.5 Å². The average molecular weight is 257 g/mol. The molecule has 0 radical (unpaired) electrons. The van der Waals surface area contributed by atoms with Crippen molar-refractivity contribution in [3.05, 3.63) is 48.0 Å². The number of likely N-dealkylation sites (N-methyl/N-ethyl adjacent to an activating group) is 1. The number of nitrogens with zero attached hydrogens (tertiary/aromatic N) is 1. The second-order valence-electron chi connectivity index (χ2n) is 5.94. The maximum atomic E-state index is 9.82. The first-order valence-electron chi connectivity index (χ1n) is 6.83. The first-order chi connectivity index (χ1) is 8.96. The predicted octanol–water partition coefficient (Wildman–Crippen LogP) is 3.09. The summed E-state index contributed by atoms with van der Waals surface area (Å²) >= 11 is 0. The van der Waals surface area contributed by atoms with Gasteiger partial charge in [0.05, 0.1) is 5.60 Å². The van der Waals surface area contributed by atoms with E-state index in [1.807, 2.05) is 13.8 Å². The van der Waals surface area contributed by atoms with Gasteiger partial charge in [0.25, 0.3) is 0 Å². The third-order valence-electron chi connectivity index (χ3n) is 3.30. The summed E-state index contributed by atoms with van der Waals surface area (Å²) in [4.78, 5) is 2.18. The summed E-state index contributed by atoms with van der Waals surface area (Å²) in [6, 6.07) is 15.0. The van der Waals surface area contributed by atoms with Gasteiger partial charge in [-0.25, -0.2) is 0 Å². The summed E-state index contributed by atoms with van der Waals surface area (Å²) < 4.78 is 0. The van der Waals surface area contributed by atoms with Crippen LogP contribution in [0.1, 0.15) is 19.4 Å². The van der Waals surface area contributed by atoms with Gasteiger partial charge < -0.3 is 10.0 Å². The molecular formula is C17H23NO. The molecule has 0 aliphatic carbocycles. The van der Waals surface area contributed by atoms with E-state index in [1.165, 1.54) is 16.3 Å². The predicted molar refractivity (Wildman–Crippen MR) is 81.4 cm³/mol. The highest BCUT2D eigenvalue weighted by Crippen LogP contribution is 2.19. The number of benzene rings is 2. The van der Waals surface area contributed by atoms with Crippen LogP contribution in [0.2, 0.25) is 0 Å². The van der Waals surface area contributed by atoms with Crippen LogP contribution >= 0.6 is 0 Å². The molecule has 2 aromatic rings. The lowest BCUT2D eigenvalue weighted by molar-refractivity contribution is 0.0450. The Hall–Kier alpha value is -1.38. The van der Waals surface area contributed by atoms with Crippen LogP contribution in [-0.2, 0) is 6.42 Å². The van der Waals surface area contributed by atoms with Gasteiger partial charge in [-0.3, -0.25) is 0 Å². The lowest BCUT2D eigenvalue weighted by Gasteiger charge is -2.25. The summed E-state index contributed by atoms with van der Waals surface area (Å²) in [5, 5.41) is 12.4. The van der Waals surface area contributed by atoms with E-state index < -0.39 is 5.60 Å². The molecule has 1 N–H and O–H groups in total. The molecule has 2 aromatic carbocycles. The Labute approximate surface area is 115 Å². The molecule has 0 aliphatic heterocycles. The average Bonchev–Trinajstić information content (AvgIpc) is 2.34. The van der Waals surface area contributed by atoms with Crippen molar-refractivity contribution in [2.75, 3.05) is 20.1 Å². The summed E-state index contributed by atoms with van der Waals surface area (Å²) in [6.45, 7) is 5.35. The molecule has 0 aliphatic rings. The summed E-state index contributed by atoms with van der Waals surface area (Å²) in [5.74, 6) is 0. The van der Waals surface area contributed by atoms with Gasteiger partial charge >= 0.3 is 0 Å². The lowest BCUT2D eigenvalue weighted by atomic mass is 10.0. The summed E-state index contributed by atoms with van der Waals surface area (Å²) in [7, 11) is 2.06. The zero-order chi connectivity index (χ0) is 13.9. The number of aliphatic hydroxyl groups is 1. The molecular weight excluding hydrogens is 234 g/mol. The minimum atomic E-state index is -0.631. The van der Waals surface area contributed by atoms with E-state index in [-0.39, 0.29) is 0 Å². The molecule has 0 heterocycles. The minimum Gasteiger partial charge on any atom is -0.389 e. The normalized spacial score (nSPS) is 12.3. The van der Waals surface area contributed by atoms with Crippen molar-refractivity contribution in [1.82, 2.24) is 4.90 Å². The van der Waals surface area contributed by atoms with Crippen LogP contribution in [-0.4, -0.2) is 35.7 Å². The summed E-state index contributed by atoms with van der Waals surface area (Å²) in [5.41, 5.74) is 0.744. The van der Waals surface area contributed by atoms with Crippen LogP contribution in [0.5, 0.6) is 0 Å². The molecule has 0 spiro atoms. The van der Waals surface area contributed by atoms with Gasteiger partial charge in [0.1, 0.15) is 0 Å². The zero-order valence-corrected chi connectivity index (χ0v) is 12.1. The second kappa shape index (κ2) is 5.72. The highest BCUT2D eigenvalue weighted by atomic mass is 16.3. The van der Waals surface area contributed by atoms with Gasteiger partial charge in [0, 0.05) is 13.1 Å². The SMILES string of the molecule is CN(CCc1cccc2ccccc12)CC(C)(C)O. The quantitative estimate of drug-likeness (QED) is 0.889. The first kappa shape index (κ1) is 14.0. The molecule has 102 valence electrons. The highest BCUT2D eigenvalue weighted by molar-refractivity contribution is 5.85. The van der Waals surface area contributed by atoms with Crippen molar-refractivity contribution < 1.29 is 5.11 Å². The van der Waals surface area contributed by atoms with E-state index in [9.17, 15) is 5.11 Å². The van der Waals surface area contributed by atoms with Gasteiger partial charge in [-0.1, -0.05) is 42.5 Å². The number of hydrogen-bond acceptors (Lipinski definition) is 2. The number of fused-ring (bicyclic) bond motifs is 1. The Morgan fingerprint density at radius 2 is 1.74 bits per heavy atom. The molecule has 0 bridgehead atoms. The van der Waals surface area contributed by atoms with E-state index in [4.69, 9.17) is 0 Å². The first-order valence-corrected chi connectivity index (χ1v) is 6.83. The van der Waals surface area contributed by atoms with Crippen LogP contribution in [0.25, 0.3) is 10.8 Å².